The van der Waals surface area contributed by atoms with E-state index in [-0.39, 0.29) is 23.3 Å². The molecule has 2 amide bonds. The topological polar surface area (TPSA) is 98.8 Å². The van der Waals surface area contributed by atoms with Crippen molar-refractivity contribution in [2.75, 3.05) is 17.7 Å². The summed E-state index contributed by atoms with van der Waals surface area (Å²) in [6.45, 7) is 3.95. The molecule has 1 aromatic heterocycles. The third-order valence-electron chi connectivity index (χ3n) is 8.56. The first-order valence-corrected chi connectivity index (χ1v) is 14.7. The Kier molecular flexibility index (Phi) is 8.27. The van der Waals surface area contributed by atoms with E-state index in [2.05, 4.69) is 15.6 Å². The fourth-order valence-electron chi connectivity index (χ4n) is 5.71. The summed E-state index contributed by atoms with van der Waals surface area (Å²) >= 11 is 0. The third kappa shape index (κ3) is 5.81. The number of nitrogens with zero attached hydrogens (tertiary/aromatic N) is 1. The zero-order chi connectivity index (χ0) is 32.4. The van der Waals surface area contributed by atoms with Crippen LogP contribution in [0.2, 0.25) is 0 Å². The molecule has 234 valence electrons. The average molecular weight is 624 g/mol. The van der Waals surface area contributed by atoms with E-state index >= 15 is 4.39 Å². The Morgan fingerprint density at radius 2 is 1.46 bits per heavy atom. The summed E-state index contributed by atoms with van der Waals surface area (Å²) in [4.78, 5) is 31.1. The van der Waals surface area contributed by atoms with E-state index in [9.17, 15) is 14.0 Å². The van der Waals surface area contributed by atoms with Gasteiger partial charge in [-0.1, -0.05) is 44.2 Å². The van der Waals surface area contributed by atoms with Gasteiger partial charge >= 0.3 is 0 Å². The maximum atomic E-state index is 15.4. The zero-order valence-electron chi connectivity index (χ0n) is 25.3. The third-order valence-corrected chi connectivity index (χ3v) is 8.56. The summed E-state index contributed by atoms with van der Waals surface area (Å²) in [5.41, 5.74) is 0.724. The van der Waals surface area contributed by atoms with E-state index in [0.717, 1.165) is 11.6 Å². The second kappa shape index (κ2) is 12.5. The first-order chi connectivity index (χ1) is 22.2. The molecule has 0 saturated heterocycles. The van der Waals surface area contributed by atoms with Gasteiger partial charge in [0.15, 0.2) is 23.1 Å². The van der Waals surface area contributed by atoms with E-state index in [4.69, 9.17) is 14.2 Å². The summed E-state index contributed by atoms with van der Waals surface area (Å²) in [6, 6.07) is 24.1. The van der Waals surface area contributed by atoms with Crippen molar-refractivity contribution in [3.8, 4) is 23.0 Å². The van der Waals surface area contributed by atoms with Gasteiger partial charge in [0, 0.05) is 35.1 Å². The number of halogens is 2. The Labute approximate surface area is 264 Å². The minimum atomic E-state index is -1.36. The molecule has 6 rings (SSSR count). The van der Waals surface area contributed by atoms with Crippen LogP contribution in [-0.2, 0) is 16.2 Å². The van der Waals surface area contributed by atoms with Crippen LogP contribution in [0.3, 0.4) is 0 Å². The van der Waals surface area contributed by atoms with Crippen LogP contribution in [-0.4, -0.2) is 23.9 Å². The fourth-order valence-corrected chi connectivity index (χ4v) is 5.71. The number of carbonyl (C=O) groups is 2. The van der Waals surface area contributed by atoms with E-state index in [1.807, 2.05) is 30.3 Å². The van der Waals surface area contributed by atoms with Crippen LogP contribution < -0.4 is 24.8 Å². The van der Waals surface area contributed by atoms with Crippen molar-refractivity contribution in [1.29, 1.82) is 0 Å². The van der Waals surface area contributed by atoms with Gasteiger partial charge in [-0.05, 0) is 65.9 Å². The van der Waals surface area contributed by atoms with Gasteiger partial charge in [-0.15, -0.1) is 0 Å². The van der Waals surface area contributed by atoms with Crippen molar-refractivity contribution in [1.82, 2.24) is 4.98 Å². The molecule has 5 aromatic rings. The van der Waals surface area contributed by atoms with E-state index in [1.165, 1.54) is 43.5 Å². The molecule has 46 heavy (non-hydrogen) atoms. The molecule has 4 aromatic carbocycles. The SMILES string of the molecule is COc1cc2c(Oc3ccc(NC(=O)C4(C(=O)Nc5ccc(F)cc5)[C@H](C)[C@H]4C)cc3F)ccnc2cc1OCc1ccccc1. The Morgan fingerprint density at radius 3 is 2.11 bits per heavy atom. The highest BCUT2D eigenvalue weighted by molar-refractivity contribution is 6.17. The quantitative estimate of drug-likeness (QED) is 0.155. The molecule has 2 N–H and O–H groups in total. The number of nitrogens with one attached hydrogen (secondary N) is 2. The molecule has 0 spiro atoms. The molecule has 1 aliphatic rings. The number of benzene rings is 4. The highest BCUT2D eigenvalue weighted by Gasteiger charge is 2.69. The smallest absolute Gasteiger partial charge is 0.240 e. The van der Waals surface area contributed by atoms with Gasteiger partial charge in [-0.2, -0.15) is 0 Å². The lowest BCUT2D eigenvalue weighted by Crippen LogP contribution is -2.38. The highest BCUT2D eigenvalue weighted by Crippen LogP contribution is 2.59. The molecular formula is C36H31F2N3O5. The molecular weight excluding hydrogens is 592 g/mol. The number of hydrogen-bond donors (Lipinski definition) is 2. The number of rotatable bonds is 10. The van der Waals surface area contributed by atoms with Gasteiger partial charge in [0.05, 0.1) is 12.6 Å². The number of ether oxygens (including phenoxy) is 3. The Hall–Kier alpha value is -5.51. The number of aromatic nitrogens is 1. The zero-order valence-corrected chi connectivity index (χ0v) is 25.3. The van der Waals surface area contributed by atoms with Crippen molar-refractivity contribution in [3.05, 3.63) is 114 Å². The maximum Gasteiger partial charge on any atom is 0.240 e. The molecule has 0 unspecified atom stereocenters. The van der Waals surface area contributed by atoms with E-state index in [0.29, 0.717) is 40.4 Å². The standard InChI is InChI=1S/C36H31F2N3O5/c1-21-22(2)36(21,34(42)40-25-11-9-24(37)10-12-25)35(43)41-26-13-14-31(28(38)17-26)46-30-15-16-39-29-19-33(32(44-3)18-27(29)30)45-20-23-7-5-4-6-8-23/h4-19,21-22H,20H2,1-3H3,(H,40,42)(H,41,43)/t21-,22-/m1/s1. The second-order valence-electron chi connectivity index (χ2n) is 11.2. The lowest BCUT2D eigenvalue weighted by molar-refractivity contribution is -0.132. The molecule has 10 heteroatoms. The number of hydrogen-bond acceptors (Lipinski definition) is 6. The van der Waals surface area contributed by atoms with E-state index in [1.54, 1.807) is 38.2 Å². The van der Waals surface area contributed by atoms with Gasteiger partial charge in [-0.25, -0.2) is 8.78 Å². The van der Waals surface area contributed by atoms with Crippen LogP contribution in [0.1, 0.15) is 19.4 Å². The largest absolute Gasteiger partial charge is 0.493 e. The van der Waals surface area contributed by atoms with Crippen LogP contribution in [0.15, 0.2) is 97.2 Å². The Balaban J connectivity index is 1.18. The predicted molar refractivity (Wildman–Crippen MR) is 170 cm³/mol. The molecule has 1 fully saturated rings. The minimum absolute atomic E-state index is 0.0780. The Bertz CT molecular complexity index is 1910. The van der Waals surface area contributed by atoms with Crippen LogP contribution in [0.5, 0.6) is 23.0 Å². The normalized spacial score (nSPS) is 18.5. The van der Waals surface area contributed by atoms with Crippen LogP contribution in [0.4, 0.5) is 20.2 Å². The molecule has 0 bridgehead atoms. The lowest BCUT2D eigenvalue weighted by atomic mass is 9.99. The van der Waals surface area contributed by atoms with Crippen molar-refractivity contribution < 1.29 is 32.6 Å². The average Bonchev–Trinajstić information content (AvgIpc) is 3.62. The molecule has 1 saturated carbocycles. The molecule has 1 aliphatic carbocycles. The van der Waals surface area contributed by atoms with Crippen LogP contribution >= 0.6 is 0 Å². The number of pyridine rings is 1. The van der Waals surface area contributed by atoms with Gasteiger partial charge in [0.25, 0.3) is 0 Å². The first-order valence-electron chi connectivity index (χ1n) is 14.7. The van der Waals surface area contributed by atoms with Crippen LogP contribution in [0, 0.1) is 28.9 Å². The summed E-state index contributed by atoms with van der Waals surface area (Å²) in [6.07, 6.45) is 1.55. The summed E-state index contributed by atoms with van der Waals surface area (Å²) < 4.78 is 46.2. The van der Waals surface area contributed by atoms with E-state index < -0.39 is 28.9 Å². The highest BCUT2D eigenvalue weighted by atomic mass is 19.1. The molecule has 0 radical (unpaired) electrons. The van der Waals surface area contributed by atoms with Crippen molar-refractivity contribution in [2.45, 2.75) is 20.5 Å². The van der Waals surface area contributed by atoms with Gasteiger partial charge in [0.1, 0.15) is 23.6 Å². The van der Waals surface area contributed by atoms with Crippen LogP contribution in [0.25, 0.3) is 10.9 Å². The fraction of sp³-hybridized carbons (Fsp3) is 0.194. The monoisotopic (exact) mass is 623 g/mol. The molecule has 0 aliphatic heterocycles. The number of carbonyl (C=O) groups excluding carboxylic acids is 2. The molecule has 1 heterocycles. The Morgan fingerprint density at radius 1 is 0.783 bits per heavy atom. The van der Waals surface area contributed by atoms with Crippen molar-refractivity contribution >= 4 is 34.1 Å². The maximum absolute atomic E-state index is 15.4. The molecule has 2 atom stereocenters. The lowest BCUT2D eigenvalue weighted by Gasteiger charge is -2.18. The van der Waals surface area contributed by atoms with Crippen molar-refractivity contribution in [2.24, 2.45) is 17.3 Å². The van der Waals surface area contributed by atoms with Crippen molar-refractivity contribution in [3.63, 3.8) is 0 Å². The van der Waals surface area contributed by atoms with Gasteiger partial charge in [-0.3, -0.25) is 14.6 Å². The first kappa shape index (κ1) is 30.5. The number of methoxy groups -OCH3 is 1. The second-order valence-corrected chi connectivity index (χ2v) is 11.2. The summed E-state index contributed by atoms with van der Waals surface area (Å²) in [7, 11) is 1.53. The van der Waals surface area contributed by atoms with Gasteiger partial charge < -0.3 is 24.8 Å². The summed E-state index contributed by atoms with van der Waals surface area (Å²) in [5, 5.41) is 5.98. The molecule has 8 nitrogen and oxygen atoms in total. The number of fused-ring (bicyclic) bond motifs is 1. The number of amides is 2. The number of anilines is 2. The summed E-state index contributed by atoms with van der Waals surface area (Å²) in [5.74, 6) is -1.54. The minimum Gasteiger partial charge on any atom is -0.493 e. The van der Waals surface area contributed by atoms with Gasteiger partial charge in [0.2, 0.25) is 11.8 Å². The predicted octanol–water partition coefficient (Wildman–Crippen LogP) is 7.74.